The lowest BCUT2D eigenvalue weighted by Crippen LogP contribution is -2.29. The highest BCUT2D eigenvalue weighted by molar-refractivity contribution is 6.34. The zero-order valence-electron chi connectivity index (χ0n) is 15.4. The van der Waals surface area contributed by atoms with Crippen LogP contribution >= 0.6 is 0 Å². The van der Waals surface area contributed by atoms with Crippen LogP contribution in [-0.2, 0) is 9.47 Å². The van der Waals surface area contributed by atoms with Gasteiger partial charge in [0.15, 0.2) is 0 Å². The molecule has 0 fully saturated rings. The number of fused-ring (bicyclic) bond motifs is 1. The Morgan fingerprint density at radius 2 is 1.41 bits per heavy atom. The second kappa shape index (κ2) is 8.35. The summed E-state index contributed by atoms with van der Waals surface area (Å²) in [5, 5.41) is 0. The summed E-state index contributed by atoms with van der Waals surface area (Å²) in [6.45, 7) is 7.01. The van der Waals surface area contributed by atoms with Gasteiger partial charge in [0, 0.05) is 0 Å². The van der Waals surface area contributed by atoms with Gasteiger partial charge in [-0.25, -0.2) is 14.5 Å². The fourth-order valence-corrected chi connectivity index (χ4v) is 2.81. The highest BCUT2D eigenvalue weighted by atomic mass is 16.5. The average Bonchev–Trinajstić information content (AvgIpc) is 3.00. The van der Waals surface area contributed by atoms with Crippen LogP contribution in [-0.4, -0.2) is 37.0 Å². The molecule has 146 valence electrons. The highest BCUT2D eigenvalue weighted by Gasteiger charge is 2.37. The Bertz CT molecular complexity index is 1040. The molecule has 0 aromatic heterocycles. The van der Waals surface area contributed by atoms with E-state index in [4.69, 9.17) is 9.47 Å². The molecule has 0 unspecified atom stereocenters. The number of hydrogen-bond acceptors (Lipinski definition) is 6. The molecule has 29 heavy (non-hydrogen) atoms. The van der Waals surface area contributed by atoms with Crippen molar-refractivity contribution in [2.75, 3.05) is 18.1 Å². The maximum Gasteiger partial charge on any atom is 0.338 e. The molecule has 0 saturated carbocycles. The SMILES string of the molecule is C=CCOC(=O)c1cccc(N2C(=O)c3ccc(C(=O)OCC=C)cc3C2=O)c1. The van der Waals surface area contributed by atoms with Crippen molar-refractivity contribution >= 4 is 29.4 Å². The van der Waals surface area contributed by atoms with E-state index in [1.165, 1.54) is 48.6 Å². The summed E-state index contributed by atoms with van der Waals surface area (Å²) in [6, 6.07) is 10.1. The van der Waals surface area contributed by atoms with Gasteiger partial charge in [0.05, 0.1) is 27.9 Å². The van der Waals surface area contributed by atoms with Gasteiger partial charge in [-0.1, -0.05) is 31.4 Å². The number of anilines is 1. The van der Waals surface area contributed by atoms with Crippen LogP contribution in [0.25, 0.3) is 0 Å². The Morgan fingerprint density at radius 1 is 0.828 bits per heavy atom. The third kappa shape index (κ3) is 3.84. The average molecular weight is 391 g/mol. The molecule has 7 nitrogen and oxygen atoms in total. The molecule has 0 bridgehead atoms. The number of carbonyl (C=O) groups excluding carboxylic acids is 4. The minimum Gasteiger partial charge on any atom is -0.458 e. The number of carbonyl (C=O) groups is 4. The molecule has 0 saturated heterocycles. The molecule has 0 aliphatic carbocycles. The Balaban J connectivity index is 1.90. The van der Waals surface area contributed by atoms with E-state index in [2.05, 4.69) is 13.2 Å². The van der Waals surface area contributed by atoms with Crippen molar-refractivity contribution in [1.29, 1.82) is 0 Å². The van der Waals surface area contributed by atoms with E-state index in [1.807, 2.05) is 0 Å². The van der Waals surface area contributed by atoms with Crippen LogP contribution in [0.2, 0.25) is 0 Å². The van der Waals surface area contributed by atoms with Crippen molar-refractivity contribution in [3.63, 3.8) is 0 Å². The van der Waals surface area contributed by atoms with Gasteiger partial charge in [0.1, 0.15) is 13.2 Å². The molecule has 1 heterocycles. The van der Waals surface area contributed by atoms with Gasteiger partial charge in [0.25, 0.3) is 11.8 Å². The lowest BCUT2D eigenvalue weighted by Gasteiger charge is -2.14. The van der Waals surface area contributed by atoms with Crippen LogP contribution in [0, 0.1) is 0 Å². The molecule has 2 amide bonds. The first kappa shape index (κ1) is 19.8. The van der Waals surface area contributed by atoms with Gasteiger partial charge in [-0.05, 0) is 36.4 Å². The maximum atomic E-state index is 12.9. The number of hydrogen-bond donors (Lipinski definition) is 0. The Morgan fingerprint density at radius 3 is 2.03 bits per heavy atom. The van der Waals surface area contributed by atoms with Crippen LogP contribution in [0.5, 0.6) is 0 Å². The van der Waals surface area contributed by atoms with E-state index < -0.39 is 23.8 Å². The molecule has 2 aromatic carbocycles. The molecule has 1 aliphatic heterocycles. The summed E-state index contributed by atoms with van der Waals surface area (Å²) < 4.78 is 9.94. The molecule has 7 heteroatoms. The van der Waals surface area contributed by atoms with E-state index in [0.717, 1.165) is 4.90 Å². The highest BCUT2D eigenvalue weighted by Crippen LogP contribution is 2.30. The summed E-state index contributed by atoms with van der Waals surface area (Å²) in [6.07, 6.45) is 2.86. The van der Waals surface area contributed by atoms with Crippen LogP contribution in [0.15, 0.2) is 67.8 Å². The van der Waals surface area contributed by atoms with Crippen molar-refractivity contribution in [3.05, 3.63) is 90.0 Å². The number of amides is 2. The zero-order valence-corrected chi connectivity index (χ0v) is 15.4. The molecule has 0 spiro atoms. The second-order valence-electron chi connectivity index (χ2n) is 6.03. The smallest absolute Gasteiger partial charge is 0.338 e. The van der Waals surface area contributed by atoms with Crippen LogP contribution < -0.4 is 4.90 Å². The Kier molecular flexibility index (Phi) is 5.69. The van der Waals surface area contributed by atoms with E-state index >= 15 is 0 Å². The van der Waals surface area contributed by atoms with Crippen LogP contribution in [0.4, 0.5) is 5.69 Å². The topological polar surface area (TPSA) is 90.0 Å². The van der Waals surface area contributed by atoms with E-state index in [0.29, 0.717) is 0 Å². The summed E-state index contributed by atoms with van der Waals surface area (Å²) in [7, 11) is 0. The Hall–Kier alpha value is -4.00. The standard InChI is InChI=1S/C22H17NO6/c1-3-10-28-21(26)14-6-5-7-16(12-14)23-19(24)17-9-8-15(13-18(17)20(23)25)22(27)29-11-4-2/h3-9,12-13H,1-2,10-11H2. The molecule has 1 aliphatic rings. The normalized spacial score (nSPS) is 12.3. The van der Waals surface area contributed by atoms with Crippen molar-refractivity contribution in [2.45, 2.75) is 0 Å². The predicted molar refractivity (Wildman–Crippen MR) is 105 cm³/mol. The Labute approximate surface area is 166 Å². The first-order valence-electron chi connectivity index (χ1n) is 8.67. The molecule has 0 radical (unpaired) electrons. The van der Waals surface area contributed by atoms with Gasteiger partial charge >= 0.3 is 11.9 Å². The number of ether oxygens (including phenoxy) is 2. The minimum absolute atomic E-state index is 0.0314. The number of esters is 2. The zero-order chi connectivity index (χ0) is 21.0. The largest absolute Gasteiger partial charge is 0.458 e. The third-order valence-electron chi connectivity index (χ3n) is 4.13. The molecule has 2 aromatic rings. The van der Waals surface area contributed by atoms with Crippen molar-refractivity contribution in [1.82, 2.24) is 0 Å². The second-order valence-corrected chi connectivity index (χ2v) is 6.03. The summed E-state index contributed by atoms with van der Waals surface area (Å²) in [5.74, 6) is -2.37. The van der Waals surface area contributed by atoms with E-state index in [1.54, 1.807) is 6.07 Å². The first-order valence-corrected chi connectivity index (χ1v) is 8.67. The van der Waals surface area contributed by atoms with Gasteiger partial charge < -0.3 is 9.47 Å². The first-order chi connectivity index (χ1) is 14.0. The maximum absolute atomic E-state index is 12.9. The quantitative estimate of drug-likeness (QED) is 0.409. The lowest BCUT2D eigenvalue weighted by atomic mass is 10.1. The monoisotopic (exact) mass is 391 g/mol. The molecule has 0 atom stereocenters. The number of imide groups is 1. The van der Waals surface area contributed by atoms with Gasteiger partial charge in [-0.2, -0.15) is 0 Å². The van der Waals surface area contributed by atoms with Crippen molar-refractivity contribution in [2.24, 2.45) is 0 Å². The van der Waals surface area contributed by atoms with Crippen LogP contribution in [0.3, 0.4) is 0 Å². The summed E-state index contributed by atoms with van der Waals surface area (Å²) >= 11 is 0. The fourth-order valence-electron chi connectivity index (χ4n) is 2.81. The lowest BCUT2D eigenvalue weighted by molar-refractivity contribution is 0.0540. The van der Waals surface area contributed by atoms with Crippen molar-refractivity contribution < 1.29 is 28.7 Å². The summed E-state index contributed by atoms with van der Waals surface area (Å²) in [4.78, 5) is 50.6. The molecular weight excluding hydrogens is 374 g/mol. The fraction of sp³-hybridized carbons (Fsp3) is 0.0909. The van der Waals surface area contributed by atoms with E-state index in [9.17, 15) is 19.2 Å². The molecule has 3 rings (SSSR count). The van der Waals surface area contributed by atoms with Gasteiger partial charge in [-0.3, -0.25) is 9.59 Å². The predicted octanol–water partition coefficient (Wildman–Crippen LogP) is 3.17. The van der Waals surface area contributed by atoms with Gasteiger partial charge in [-0.15, -0.1) is 0 Å². The van der Waals surface area contributed by atoms with E-state index in [-0.39, 0.29) is 41.2 Å². The molecular formula is C22H17NO6. The van der Waals surface area contributed by atoms with Crippen molar-refractivity contribution in [3.8, 4) is 0 Å². The number of nitrogens with zero attached hydrogens (tertiary/aromatic N) is 1. The van der Waals surface area contributed by atoms with Gasteiger partial charge in [0.2, 0.25) is 0 Å². The summed E-state index contributed by atoms with van der Waals surface area (Å²) in [5.41, 5.74) is 0.808. The minimum atomic E-state index is -0.627. The molecule has 0 N–H and O–H groups in total. The number of benzene rings is 2. The third-order valence-corrected chi connectivity index (χ3v) is 4.13. The van der Waals surface area contributed by atoms with Crippen LogP contribution in [0.1, 0.15) is 41.4 Å². The number of rotatable bonds is 7.